The number of benzene rings is 1. The summed E-state index contributed by atoms with van der Waals surface area (Å²) in [5, 5.41) is 9.53. The molecule has 1 aromatic carbocycles. The van der Waals surface area contributed by atoms with E-state index in [0.29, 0.717) is 5.16 Å². The summed E-state index contributed by atoms with van der Waals surface area (Å²) in [6.45, 7) is 4.17. The minimum absolute atomic E-state index is 0.0154. The largest absolute Gasteiger partial charge is 0.497 e. The molecule has 1 aromatic heterocycles. The monoisotopic (exact) mass is 306 g/mol. The quantitative estimate of drug-likeness (QED) is 0.830. The highest BCUT2D eigenvalue weighted by Crippen LogP contribution is 2.28. The van der Waals surface area contributed by atoms with E-state index in [1.165, 1.54) is 11.8 Å². The zero-order valence-corrected chi connectivity index (χ0v) is 13.1. The maximum Gasteiger partial charge on any atom is 0.313 e. The molecule has 0 unspecified atom stereocenters. The van der Waals surface area contributed by atoms with Gasteiger partial charge in [0, 0.05) is 11.8 Å². The zero-order valence-electron chi connectivity index (χ0n) is 12.2. The predicted octanol–water partition coefficient (Wildman–Crippen LogP) is 3.18. The number of aliphatic carboxylic acids is 1. The molecule has 0 spiro atoms. The summed E-state index contributed by atoms with van der Waals surface area (Å²) in [6.07, 6.45) is 1.80. The Balaban J connectivity index is 2.47. The van der Waals surface area contributed by atoms with Gasteiger partial charge in [-0.25, -0.2) is 4.98 Å². The molecule has 5 nitrogen and oxygen atoms in total. The third-order valence-electron chi connectivity index (χ3n) is 2.98. The standard InChI is InChI=1S/C15H18N2O3S/c1-10(2)13-8-16-15(21-9-14(18)19)17(13)11-5-4-6-12(7-11)20-3/h4-8,10H,9H2,1-3H3,(H,18,19). The SMILES string of the molecule is COc1cccc(-n2c(C(C)C)cnc2SCC(=O)O)c1. The number of carboxylic acid groups (broad SMARTS) is 1. The molecule has 1 heterocycles. The van der Waals surface area contributed by atoms with Gasteiger partial charge < -0.3 is 9.84 Å². The molecular formula is C15H18N2O3S. The van der Waals surface area contributed by atoms with Crippen LogP contribution in [0.15, 0.2) is 35.6 Å². The smallest absolute Gasteiger partial charge is 0.313 e. The maximum atomic E-state index is 10.8. The maximum absolute atomic E-state index is 10.8. The Morgan fingerprint density at radius 1 is 1.48 bits per heavy atom. The number of imidazole rings is 1. The number of aromatic nitrogens is 2. The van der Waals surface area contributed by atoms with Crippen molar-refractivity contribution in [2.45, 2.75) is 24.9 Å². The minimum atomic E-state index is -0.855. The summed E-state index contributed by atoms with van der Waals surface area (Å²) in [4.78, 5) is 15.1. The number of ether oxygens (including phenoxy) is 1. The van der Waals surface area contributed by atoms with Crippen molar-refractivity contribution in [3.05, 3.63) is 36.2 Å². The second-order valence-electron chi connectivity index (χ2n) is 4.84. The topological polar surface area (TPSA) is 64.4 Å². The van der Waals surface area contributed by atoms with Crippen LogP contribution in [0.5, 0.6) is 5.75 Å². The molecule has 0 bridgehead atoms. The minimum Gasteiger partial charge on any atom is -0.497 e. The van der Waals surface area contributed by atoms with E-state index in [1.807, 2.05) is 28.8 Å². The van der Waals surface area contributed by atoms with Crippen molar-refractivity contribution in [1.82, 2.24) is 9.55 Å². The molecule has 0 fully saturated rings. The number of nitrogens with zero attached hydrogens (tertiary/aromatic N) is 2. The first-order chi connectivity index (χ1) is 10.0. The van der Waals surface area contributed by atoms with E-state index < -0.39 is 5.97 Å². The second-order valence-corrected chi connectivity index (χ2v) is 5.78. The third kappa shape index (κ3) is 3.58. The molecule has 2 aromatic rings. The van der Waals surface area contributed by atoms with E-state index in [4.69, 9.17) is 9.84 Å². The summed E-state index contributed by atoms with van der Waals surface area (Å²) in [5.41, 5.74) is 1.96. The molecule has 0 aliphatic carbocycles. The fraction of sp³-hybridized carbons (Fsp3) is 0.333. The highest BCUT2D eigenvalue weighted by atomic mass is 32.2. The number of rotatable bonds is 6. The first-order valence-electron chi connectivity index (χ1n) is 6.59. The van der Waals surface area contributed by atoms with Crippen LogP contribution in [-0.2, 0) is 4.79 Å². The van der Waals surface area contributed by atoms with Crippen molar-refractivity contribution in [3.63, 3.8) is 0 Å². The van der Waals surface area contributed by atoms with Crippen LogP contribution < -0.4 is 4.74 Å². The lowest BCUT2D eigenvalue weighted by Crippen LogP contribution is -2.05. The van der Waals surface area contributed by atoms with Crippen LogP contribution in [0.4, 0.5) is 0 Å². The highest BCUT2D eigenvalue weighted by molar-refractivity contribution is 7.99. The fourth-order valence-electron chi connectivity index (χ4n) is 1.99. The number of hydrogen-bond acceptors (Lipinski definition) is 4. The Hall–Kier alpha value is -1.95. The molecule has 0 saturated carbocycles. The van der Waals surface area contributed by atoms with E-state index in [2.05, 4.69) is 18.8 Å². The predicted molar refractivity (Wildman–Crippen MR) is 82.6 cm³/mol. The summed E-state index contributed by atoms with van der Waals surface area (Å²) >= 11 is 1.21. The normalized spacial score (nSPS) is 10.9. The van der Waals surface area contributed by atoms with E-state index in [9.17, 15) is 4.79 Å². The van der Waals surface area contributed by atoms with Crippen LogP contribution in [0.25, 0.3) is 5.69 Å². The van der Waals surface area contributed by atoms with Crippen LogP contribution in [0.1, 0.15) is 25.5 Å². The molecular weight excluding hydrogens is 288 g/mol. The third-order valence-corrected chi connectivity index (χ3v) is 3.92. The highest BCUT2D eigenvalue weighted by Gasteiger charge is 2.16. The van der Waals surface area contributed by atoms with Crippen molar-refractivity contribution in [3.8, 4) is 11.4 Å². The summed E-state index contributed by atoms with van der Waals surface area (Å²) in [7, 11) is 1.62. The van der Waals surface area contributed by atoms with Crippen LogP contribution >= 0.6 is 11.8 Å². The number of methoxy groups -OCH3 is 1. The average Bonchev–Trinajstić information content (AvgIpc) is 2.89. The Bertz CT molecular complexity index is 638. The van der Waals surface area contributed by atoms with E-state index in [1.54, 1.807) is 13.3 Å². The molecule has 21 heavy (non-hydrogen) atoms. The van der Waals surface area contributed by atoms with Gasteiger partial charge in [0.05, 0.1) is 24.7 Å². The Morgan fingerprint density at radius 2 is 2.24 bits per heavy atom. The van der Waals surface area contributed by atoms with Gasteiger partial charge in [0.1, 0.15) is 5.75 Å². The van der Waals surface area contributed by atoms with E-state index >= 15 is 0 Å². The molecule has 0 amide bonds. The van der Waals surface area contributed by atoms with Gasteiger partial charge in [-0.2, -0.15) is 0 Å². The van der Waals surface area contributed by atoms with Crippen LogP contribution in [0, 0.1) is 0 Å². The van der Waals surface area contributed by atoms with Crippen LogP contribution in [0.3, 0.4) is 0 Å². The summed E-state index contributed by atoms with van der Waals surface area (Å²) < 4.78 is 7.24. The van der Waals surface area contributed by atoms with E-state index in [0.717, 1.165) is 17.1 Å². The summed E-state index contributed by atoms with van der Waals surface area (Å²) in [5.74, 6) is 0.165. The van der Waals surface area contributed by atoms with Gasteiger partial charge in [0.25, 0.3) is 0 Å². The number of carbonyl (C=O) groups is 1. The molecule has 0 atom stereocenters. The van der Waals surface area contributed by atoms with Gasteiger partial charge in [-0.3, -0.25) is 9.36 Å². The van der Waals surface area contributed by atoms with Crippen molar-refractivity contribution in [1.29, 1.82) is 0 Å². The number of carboxylic acids is 1. The molecule has 112 valence electrons. The Labute approximate surface area is 128 Å². The van der Waals surface area contributed by atoms with Gasteiger partial charge >= 0.3 is 5.97 Å². The van der Waals surface area contributed by atoms with Crippen molar-refractivity contribution in [2.24, 2.45) is 0 Å². The van der Waals surface area contributed by atoms with Gasteiger partial charge in [0.2, 0.25) is 0 Å². The Morgan fingerprint density at radius 3 is 2.86 bits per heavy atom. The Kier molecular flexibility index (Phi) is 4.90. The lowest BCUT2D eigenvalue weighted by molar-refractivity contribution is -0.133. The zero-order chi connectivity index (χ0) is 15.4. The molecule has 2 rings (SSSR count). The first-order valence-corrected chi connectivity index (χ1v) is 7.58. The molecule has 6 heteroatoms. The second kappa shape index (κ2) is 6.67. The van der Waals surface area contributed by atoms with Crippen LogP contribution in [-0.4, -0.2) is 33.5 Å². The molecule has 0 radical (unpaired) electrons. The summed E-state index contributed by atoms with van der Waals surface area (Å²) in [6, 6.07) is 7.66. The first kappa shape index (κ1) is 15.4. The lowest BCUT2D eigenvalue weighted by Gasteiger charge is -2.14. The lowest BCUT2D eigenvalue weighted by atomic mass is 10.1. The van der Waals surface area contributed by atoms with Crippen LogP contribution in [0.2, 0.25) is 0 Å². The number of hydrogen-bond donors (Lipinski definition) is 1. The average molecular weight is 306 g/mol. The molecule has 0 saturated heterocycles. The van der Waals surface area contributed by atoms with Gasteiger partial charge in [0.15, 0.2) is 5.16 Å². The van der Waals surface area contributed by atoms with Gasteiger partial charge in [-0.05, 0) is 18.1 Å². The molecule has 1 N–H and O–H groups in total. The van der Waals surface area contributed by atoms with Gasteiger partial charge in [-0.1, -0.05) is 31.7 Å². The van der Waals surface area contributed by atoms with Gasteiger partial charge in [-0.15, -0.1) is 0 Å². The molecule has 0 aliphatic heterocycles. The molecule has 0 aliphatic rings. The fourth-order valence-corrected chi connectivity index (χ4v) is 2.71. The number of thioether (sulfide) groups is 1. The van der Waals surface area contributed by atoms with Crippen molar-refractivity contribution in [2.75, 3.05) is 12.9 Å². The van der Waals surface area contributed by atoms with E-state index in [-0.39, 0.29) is 11.7 Å². The van der Waals surface area contributed by atoms with Crippen molar-refractivity contribution >= 4 is 17.7 Å². The van der Waals surface area contributed by atoms with Crippen molar-refractivity contribution < 1.29 is 14.6 Å².